The minimum atomic E-state index is 0. The molecule has 0 amide bonds. The van der Waals surface area contributed by atoms with Gasteiger partial charge < -0.3 is 10.6 Å². The van der Waals surface area contributed by atoms with Crippen LogP contribution in [0.25, 0.3) is 5.69 Å². The van der Waals surface area contributed by atoms with Crippen LogP contribution in [0.1, 0.15) is 23.9 Å². The van der Waals surface area contributed by atoms with Crippen molar-refractivity contribution in [2.45, 2.75) is 26.9 Å². The number of benzene rings is 2. The van der Waals surface area contributed by atoms with E-state index in [1.54, 1.807) is 6.33 Å². The van der Waals surface area contributed by atoms with E-state index >= 15 is 0 Å². The van der Waals surface area contributed by atoms with Crippen molar-refractivity contribution in [3.8, 4) is 5.69 Å². The highest BCUT2D eigenvalue weighted by molar-refractivity contribution is 14.0. The number of halogens is 1. The first-order valence-electron chi connectivity index (χ1n) is 8.79. The lowest BCUT2D eigenvalue weighted by Crippen LogP contribution is -2.37. The van der Waals surface area contributed by atoms with Crippen molar-refractivity contribution >= 4 is 29.9 Å². The molecule has 3 aromatic rings. The van der Waals surface area contributed by atoms with Crippen LogP contribution in [0.5, 0.6) is 0 Å². The third-order valence-electron chi connectivity index (χ3n) is 4.08. The Bertz CT molecular complexity index is 860. The molecule has 1 aromatic heterocycles. The first-order chi connectivity index (χ1) is 12.8. The van der Waals surface area contributed by atoms with Gasteiger partial charge >= 0.3 is 0 Å². The molecule has 2 N–H and O–H groups in total. The van der Waals surface area contributed by atoms with E-state index in [4.69, 9.17) is 0 Å². The molecule has 0 aliphatic rings. The molecular weight excluding hydrogens is 451 g/mol. The maximum atomic E-state index is 4.68. The number of aryl methyl sites for hydroxylation is 1. The Balaban J connectivity index is 0.00000261. The highest BCUT2D eigenvalue weighted by atomic mass is 127. The van der Waals surface area contributed by atoms with Crippen LogP contribution in [0.3, 0.4) is 0 Å². The van der Waals surface area contributed by atoms with Crippen LogP contribution >= 0.6 is 24.0 Å². The second-order valence-corrected chi connectivity index (χ2v) is 5.93. The van der Waals surface area contributed by atoms with Gasteiger partial charge in [0.15, 0.2) is 11.8 Å². The molecule has 0 aliphatic carbocycles. The van der Waals surface area contributed by atoms with Crippen molar-refractivity contribution in [2.24, 2.45) is 4.99 Å². The van der Waals surface area contributed by atoms with Gasteiger partial charge in [0, 0.05) is 12.2 Å². The summed E-state index contributed by atoms with van der Waals surface area (Å²) in [6, 6.07) is 18.4. The van der Waals surface area contributed by atoms with Crippen LogP contribution in [0.15, 0.2) is 65.9 Å². The van der Waals surface area contributed by atoms with Crippen molar-refractivity contribution in [3.05, 3.63) is 77.9 Å². The molecule has 0 radical (unpaired) electrons. The molecule has 142 valence electrons. The number of guanidine groups is 1. The standard InChI is InChI=1S/C20H24N6.HI/c1-3-21-20(22-13-17-10-8-7-9-16(17)2)23-14-19-25-24-15-26(19)18-11-5-4-6-12-18;/h4-12,15H,3,13-14H2,1-2H3,(H2,21,22,23);1H. The summed E-state index contributed by atoms with van der Waals surface area (Å²) in [5.41, 5.74) is 3.50. The Hall–Kier alpha value is -2.42. The van der Waals surface area contributed by atoms with Gasteiger partial charge in [0.25, 0.3) is 0 Å². The van der Waals surface area contributed by atoms with Gasteiger partial charge in [-0.1, -0.05) is 42.5 Å². The first kappa shape index (κ1) is 20.9. The predicted molar refractivity (Wildman–Crippen MR) is 120 cm³/mol. The number of hydrogen-bond acceptors (Lipinski definition) is 3. The van der Waals surface area contributed by atoms with Crippen LogP contribution in [0.4, 0.5) is 0 Å². The number of aromatic nitrogens is 3. The van der Waals surface area contributed by atoms with Crippen LogP contribution < -0.4 is 10.6 Å². The highest BCUT2D eigenvalue weighted by Crippen LogP contribution is 2.09. The minimum Gasteiger partial charge on any atom is -0.357 e. The van der Waals surface area contributed by atoms with Crippen molar-refractivity contribution in [2.75, 3.05) is 6.54 Å². The fourth-order valence-electron chi connectivity index (χ4n) is 2.64. The average molecular weight is 476 g/mol. The molecule has 0 fully saturated rings. The molecule has 0 saturated heterocycles. The molecule has 1 heterocycles. The van der Waals surface area contributed by atoms with E-state index in [9.17, 15) is 0 Å². The van der Waals surface area contributed by atoms with Crippen molar-refractivity contribution in [1.29, 1.82) is 0 Å². The third kappa shape index (κ3) is 5.78. The van der Waals surface area contributed by atoms with Gasteiger partial charge in [0.1, 0.15) is 6.33 Å². The second kappa shape index (κ2) is 10.7. The molecule has 0 aliphatic heterocycles. The highest BCUT2D eigenvalue weighted by Gasteiger charge is 2.07. The number of aliphatic imine (C=N–C) groups is 1. The number of hydrogen-bond donors (Lipinski definition) is 2. The molecule has 0 bridgehead atoms. The largest absolute Gasteiger partial charge is 0.357 e. The van der Waals surface area contributed by atoms with E-state index in [2.05, 4.69) is 51.8 Å². The lowest BCUT2D eigenvalue weighted by Gasteiger charge is -2.12. The zero-order chi connectivity index (χ0) is 18.2. The summed E-state index contributed by atoms with van der Waals surface area (Å²) in [6.07, 6.45) is 1.73. The molecule has 3 rings (SSSR count). The minimum absolute atomic E-state index is 0. The molecule has 0 atom stereocenters. The summed E-state index contributed by atoms with van der Waals surface area (Å²) in [5, 5.41) is 14.9. The van der Waals surface area contributed by atoms with Crippen molar-refractivity contribution < 1.29 is 0 Å². The lowest BCUT2D eigenvalue weighted by atomic mass is 10.1. The van der Waals surface area contributed by atoms with Gasteiger partial charge in [-0.15, -0.1) is 34.2 Å². The van der Waals surface area contributed by atoms with E-state index in [1.807, 2.05) is 47.0 Å². The molecular formula is C20H25IN6. The summed E-state index contributed by atoms with van der Waals surface area (Å²) in [6.45, 7) is 6.12. The van der Waals surface area contributed by atoms with Crippen molar-refractivity contribution in [3.63, 3.8) is 0 Å². The lowest BCUT2D eigenvalue weighted by molar-refractivity contribution is 0.756. The quantitative estimate of drug-likeness (QED) is 0.325. The monoisotopic (exact) mass is 476 g/mol. The first-order valence-corrected chi connectivity index (χ1v) is 8.79. The predicted octanol–water partition coefficient (Wildman–Crippen LogP) is 3.45. The fourth-order valence-corrected chi connectivity index (χ4v) is 2.64. The Morgan fingerprint density at radius 3 is 2.52 bits per heavy atom. The Labute approximate surface area is 177 Å². The summed E-state index contributed by atoms with van der Waals surface area (Å²) in [5.74, 6) is 1.59. The van der Waals surface area contributed by atoms with E-state index < -0.39 is 0 Å². The van der Waals surface area contributed by atoms with Gasteiger partial charge in [-0.25, -0.2) is 4.99 Å². The van der Waals surface area contributed by atoms with Gasteiger partial charge in [-0.2, -0.15) is 0 Å². The van der Waals surface area contributed by atoms with Gasteiger partial charge in [0.2, 0.25) is 0 Å². The molecule has 0 unspecified atom stereocenters. The summed E-state index contributed by atoms with van der Waals surface area (Å²) >= 11 is 0. The third-order valence-corrected chi connectivity index (χ3v) is 4.08. The topological polar surface area (TPSA) is 67.1 Å². The number of nitrogens with zero attached hydrogens (tertiary/aromatic N) is 4. The maximum Gasteiger partial charge on any atom is 0.191 e. The summed E-state index contributed by atoms with van der Waals surface area (Å²) < 4.78 is 1.97. The molecule has 6 nitrogen and oxygen atoms in total. The van der Waals surface area contributed by atoms with Gasteiger partial charge in [-0.05, 0) is 37.1 Å². The van der Waals surface area contributed by atoms with Crippen LogP contribution in [-0.4, -0.2) is 27.3 Å². The summed E-state index contributed by atoms with van der Waals surface area (Å²) in [7, 11) is 0. The second-order valence-electron chi connectivity index (χ2n) is 5.93. The molecule has 0 spiro atoms. The van der Waals surface area contributed by atoms with E-state index in [-0.39, 0.29) is 24.0 Å². The molecule has 27 heavy (non-hydrogen) atoms. The average Bonchev–Trinajstić information content (AvgIpc) is 3.14. The SMILES string of the molecule is CCNC(=NCc1ccccc1C)NCc1nncn1-c1ccccc1.I. The van der Waals surface area contributed by atoms with Crippen LogP contribution in [0, 0.1) is 6.92 Å². The van der Waals surface area contributed by atoms with E-state index in [0.717, 1.165) is 24.0 Å². The molecule has 7 heteroatoms. The normalized spacial score (nSPS) is 11.0. The Morgan fingerprint density at radius 1 is 1.04 bits per heavy atom. The maximum absolute atomic E-state index is 4.68. The number of nitrogens with one attached hydrogen (secondary N) is 2. The smallest absolute Gasteiger partial charge is 0.191 e. The van der Waals surface area contributed by atoms with Crippen LogP contribution in [-0.2, 0) is 13.1 Å². The van der Waals surface area contributed by atoms with Crippen LogP contribution in [0.2, 0.25) is 0 Å². The number of rotatable bonds is 6. The summed E-state index contributed by atoms with van der Waals surface area (Å²) in [4.78, 5) is 4.68. The van der Waals surface area contributed by atoms with E-state index in [0.29, 0.717) is 13.1 Å². The van der Waals surface area contributed by atoms with Crippen molar-refractivity contribution in [1.82, 2.24) is 25.4 Å². The zero-order valence-electron chi connectivity index (χ0n) is 15.6. The fraction of sp³-hybridized carbons (Fsp3) is 0.250. The van der Waals surface area contributed by atoms with E-state index in [1.165, 1.54) is 11.1 Å². The Kier molecular flexibility index (Phi) is 8.25. The zero-order valence-corrected chi connectivity index (χ0v) is 17.9. The Morgan fingerprint density at radius 2 is 1.78 bits per heavy atom. The van der Waals surface area contributed by atoms with Gasteiger partial charge in [0.05, 0.1) is 13.1 Å². The molecule has 0 saturated carbocycles. The van der Waals surface area contributed by atoms with Gasteiger partial charge in [-0.3, -0.25) is 4.57 Å². The molecule has 2 aromatic carbocycles. The number of para-hydroxylation sites is 1.